The van der Waals surface area contributed by atoms with E-state index in [1.807, 2.05) is 21.6 Å². The van der Waals surface area contributed by atoms with Crippen molar-refractivity contribution in [2.75, 3.05) is 25.4 Å². The van der Waals surface area contributed by atoms with E-state index in [1.54, 1.807) is 0 Å². The average Bonchev–Trinajstić information content (AvgIpc) is 2.44. The summed E-state index contributed by atoms with van der Waals surface area (Å²) >= 11 is 0. The summed E-state index contributed by atoms with van der Waals surface area (Å²) in [5.41, 5.74) is 11.9. The molecule has 20 heavy (non-hydrogen) atoms. The van der Waals surface area contributed by atoms with Gasteiger partial charge < -0.3 is 22.1 Å². The van der Waals surface area contributed by atoms with Gasteiger partial charge in [0.1, 0.15) is 0 Å². The van der Waals surface area contributed by atoms with Crippen LogP contribution in [0.3, 0.4) is 0 Å². The van der Waals surface area contributed by atoms with Gasteiger partial charge in [0.15, 0.2) is 0 Å². The van der Waals surface area contributed by atoms with Gasteiger partial charge in [0.05, 0.1) is 10.8 Å². The number of carbonyl (C=O) groups is 1. The number of nitrogens with one attached hydrogen (secondary N) is 2. The topological polar surface area (TPSA) is 93.2 Å². The second-order valence-electron chi connectivity index (χ2n) is 5.27. The fourth-order valence-electron chi connectivity index (χ4n) is 2.42. The van der Waals surface area contributed by atoms with Gasteiger partial charge in [-0.2, -0.15) is 0 Å². The summed E-state index contributed by atoms with van der Waals surface area (Å²) in [4.78, 5) is 11.5. The molecule has 0 aromatic carbocycles. The Morgan fingerprint density at radius 2 is 2.25 bits per heavy atom. The highest BCUT2D eigenvalue weighted by atomic mass is 33.1. The van der Waals surface area contributed by atoms with E-state index in [0.29, 0.717) is 6.54 Å². The van der Waals surface area contributed by atoms with Crippen molar-refractivity contribution >= 4 is 27.5 Å². The van der Waals surface area contributed by atoms with Gasteiger partial charge in [0.2, 0.25) is 5.91 Å². The van der Waals surface area contributed by atoms with Gasteiger partial charge in [-0.05, 0) is 12.8 Å². The highest BCUT2D eigenvalue weighted by molar-refractivity contribution is 8.77. The third-order valence-corrected chi connectivity index (χ3v) is 7.04. The molecule has 1 aliphatic rings. The molecule has 0 aromatic heterocycles. The molecule has 0 aliphatic carbocycles. The maximum atomic E-state index is 11.5. The summed E-state index contributed by atoms with van der Waals surface area (Å²) < 4.78 is -0.0286. The summed E-state index contributed by atoms with van der Waals surface area (Å²) in [6.45, 7) is 6.50. The van der Waals surface area contributed by atoms with Crippen molar-refractivity contribution in [1.82, 2.24) is 10.6 Å². The molecule has 0 bridgehead atoms. The Hall–Kier alpha value is 0.0500. The normalized spacial score (nSPS) is 30.6. The van der Waals surface area contributed by atoms with Crippen molar-refractivity contribution in [2.45, 2.75) is 49.9 Å². The number of carbonyl (C=O) groups excluding carboxylic acids is 1. The number of hydrogen-bond donors (Lipinski definition) is 4. The van der Waals surface area contributed by atoms with E-state index in [2.05, 4.69) is 24.5 Å². The molecule has 1 saturated heterocycles. The molecule has 5 nitrogen and oxygen atoms in total. The van der Waals surface area contributed by atoms with Crippen molar-refractivity contribution in [3.8, 4) is 0 Å². The van der Waals surface area contributed by atoms with Gasteiger partial charge in [-0.15, -0.1) is 0 Å². The summed E-state index contributed by atoms with van der Waals surface area (Å²) in [6, 6.07) is -0.202. The molecular formula is C13H28N4OS2. The minimum Gasteiger partial charge on any atom is -0.368 e. The largest absolute Gasteiger partial charge is 0.368 e. The minimum atomic E-state index is -0.320. The van der Waals surface area contributed by atoms with Gasteiger partial charge >= 0.3 is 0 Å². The van der Waals surface area contributed by atoms with Crippen molar-refractivity contribution < 1.29 is 4.79 Å². The maximum Gasteiger partial charge on any atom is 0.235 e. The molecule has 3 atom stereocenters. The Balaban J connectivity index is 2.84. The van der Waals surface area contributed by atoms with E-state index in [9.17, 15) is 4.79 Å². The van der Waals surface area contributed by atoms with Crippen LogP contribution in [0.15, 0.2) is 0 Å². The Bertz CT molecular complexity index is 306. The van der Waals surface area contributed by atoms with Crippen LogP contribution in [-0.2, 0) is 4.79 Å². The lowest BCUT2D eigenvalue weighted by Crippen LogP contribution is -2.57. The molecule has 1 aliphatic heterocycles. The van der Waals surface area contributed by atoms with Crippen molar-refractivity contribution in [1.29, 1.82) is 0 Å². The number of rotatable bonds is 5. The highest BCUT2D eigenvalue weighted by Crippen LogP contribution is 2.42. The SMILES string of the molecule is CCCC1(C(N)CC)CNC(C(N)=O)CNCCSS1. The molecule has 1 heterocycles. The monoisotopic (exact) mass is 320 g/mol. The molecule has 118 valence electrons. The Morgan fingerprint density at radius 3 is 2.85 bits per heavy atom. The lowest BCUT2D eigenvalue weighted by molar-refractivity contribution is -0.119. The van der Waals surface area contributed by atoms with E-state index in [0.717, 1.165) is 38.1 Å². The van der Waals surface area contributed by atoms with Crippen LogP contribution in [0.25, 0.3) is 0 Å². The lowest BCUT2D eigenvalue weighted by Gasteiger charge is -2.39. The van der Waals surface area contributed by atoms with Gasteiger partial charge in [0, 0.05) is 31.4 Å². The van der Waals surface area contributed by atoms with E-state index in [-0.39, 0.29) is 22.7 Å². The van der Waals surface area contributed by atoms with E-state index in [4.69, 9.17) is 11.5 Å². The second kappa shape index (κ2) is 9.15. The quantitative estimate of drug-likeness (QED) is 0.557. The van der Waals surface area contributed by atoms with Crippen molar-refractivity contribution in [3.05, 3.63) is 0 Å². The first kappa shape index (κ1) is 18.1. The molecular weight excluding hydrogens is 292 g/mol. The fourth-order valence-corrected chi connectivity index (χ4v) is 5.69. The first-order valence-corrected chi connectivity index (χ1v) is 9.67. The Kier molecular flexibility index (Phi) is 8.28. The minimum absolute atomic E-state index is 0.0286. The zero-order chi connectivity index (χ0) is 15.0. The van der Waals surface area contributed by atoms with Gasteiger partial charge in [0.25, 0.3) is 0 Å². The van der Waals surface area contributed by atoms with Crippen LogP contribution in [0, 0.1) is 0 Å². The zero-order valence-corrected chi connectivity index (χ0v) is 14.1. The third kappa shape index (κ3) is 5.11. The second-order valence-corrected chi connectivity index (χ2v) is 8.11. The molecule has 1 fully saturated rings. The third-order valence-electron chi connectivity index (χ3n) is 3.72. The summed E-state index contributed by atoms with van der Waals surface area (Å²) in [5.74, 6) is 0.712. The lowest BCUT2D eigenvalue weighted by atomic mass is 9.92. The van der Waals surface area contributed by atoms with Gasteiger partial charge in [-0.3, -0.25) is 4.79 Å². The van der Waals surface area contributed by atoms with E-state index < -0.39 is 0 Å². The summed E-state index contributed by atoms with van der Waals surface area (Å²) in [5, 5.41) is 6.59. The number of hydrogen-bond acceptors (Lipinski definition) is 6. The molecule has 1 rings (SSSR count). The van der Waals surface area contributed by atoms with Crippen LogP contribution in [-0.4, -0.2) is 48.1 Å². The smallest absolute Gasteiger partial charge is 0.235 e. The van der Waals surface area contributed by atoms with Crippen molar-refractivity contribution in [2.24, 2.45) is 11.5 Å². The predicted octanol–water partition coefficient (Wildman–Crippen LogP) is 0.691. The first-order chi connectivity index (χ1) is 9.55. The summed E-state index contributed by atoms with van der Waals surface area (Å²) in [7, 11) is 3.75. The maximum absolute atomic E-state index is 11.5. The summed E-state index contributed by atoms with van der Waals surface area (Å²) in [6.07, 6.45) is 3.07. The molecule has 1 amide bonds. The Labute approximate surface area is 130 Å². The van der Waals surface area contributed by atoms with Crippen LogP contribution in [0.1, 0.15) is 33.1 Å². The van der Waals surface area contributed by atoms with E-state index >= 15 is 0 Å². The molecule has 0 radical (unpaired) electrons. The van der Waals surface area contributed by atoms with Gasteiger partial charge in [-0.1, -0.05) is 41.9 Å². The van der Waals surface area contributed by atoms with Crippen LogP contribution in [0.4, 0.5) is 0 Å². The van der Waals surface area contributed by atoms with E-state index in [1.165, 1.54) is 0 Å². The molecule has 0 spiro atoms. The van der Waals surface area contributed by atoms with Crippen LogP contribution >= 0.6 is 21.6 Å². The average molecular weight is 321 g/mol. The molecule has 6 N–H and O–H groups in total. The highest BCUT2D eigenvalue weighted by Gasteiger charge is 2.37. The fraction of sp³-hybridized carbons (Fsp3) is 0.923. The standard InChI is InChI=1S/C13H28N4OS2/c1-3-5-13(11(14)4-2)9-17-10(12(15)18)8-16-6-7-19-20-13/h10-11,16-17H,3-9,14H2,1-2H3,(H2,15,18). The zero-order valence-electron chi connectivity index (χ0n) is 12.5. The van der Waals surface area contributed by atoms with Crippen molar-refractivity contribution in [3.63, 3.8) is 0 Å². The van der Waals surface area contributed by atoms with Crippen LogP contribution < -0.4 is 22.1 Å². The Morgan fingerprint density at radius 1 is 1.50 bits per heavy atom. The molecule has 7 heteroatoms. The van der Waals surface area contributed by atoms with Crippen LogP contribution in [0.2, 0.25) is 0 Å². The molecule has 3 unspecified atom stereocenters. The number of nitrogens with two attached hydrogens (primary N) is 2. The molecule has 0 saturated carbocycles. The predicted molar refractivity (Wildman–Crippen MR) is 89.8 cm³/mol. The first-order valence-electron chi connectivity index (χ1n) is 7.35. The van der Waals surface area contributed by atoms with Crippen LogP contribution in [0.5, 0.6) is 0 Å². The molecule has 0 aromatic rings. The number of amides is 1. The van der Waals surface area contributed by atoms with Gasteiger partial charge in [-0.25, -0.2) is 0 Å². The number of primary amides is 1.